The number of nitrogens with zero attached hydrogens (tertiary/aromatic N) is 2. The van der Waals surface area contributed by atoms with Crippen LogP contribution >= 0.6 is 0 Å². The summed E-state index contributed by atoms with van der Waals surface area (Å²) in [5, 5.41) is 0. The highest BCUT2D eigenvalue weighted by Crippen LogP contribution is 2.28. The average molecular weight is 237 g/mol. The van der Waals surface area contributed by atoms with Crippen LogP contribution in [0.5, 0.6) is 0 Å². The number of nitrogens with two attached hydrogens (primary N) is 1. The molecule has 1 atom stereocenters. The van der Waals surface area contributed by atoms with Crippen molar-refractivity contribution in [2.75, 3.05) is 37.8 Å². The molecule has 1 unspecified atom stereocenters. The van der Waals surface area contributed by atoms with Gasteiger partial charge < -0.3 is 15.5 Å². The van der Waals surface area contributed by atoms with E-state index in [1.165, 1.54) is 12.5 Å². The van der Waals surface area contributed by atoms with Gasteiger partial charge in [0.1, 0.15) is 5.82 Å². The van der Waals surface area contributed by atoms with Gasteiger partial charge in [0, 0.05) is 19.1 Å². The molecule has 0 saturated carbocycles. The van der Waals surface area contributed by atoms with Crippen molar-refractivity contribution in [1.82, 2.24) is 4.90 Å². The van der Waals surface area contributed by atoms with Crippen LogP contribution in [-0.2, 0) is 0 Å². The third kappa shape index (κ3) is 2.52. The molecule has 1 aromatic carbocycles. The van der Waals surface area contributed by atoms with Crippen molar-refractivity contribution in [2.24, 2.45) is 0 Å². The van der Waals surface area contributed by atoms with Crippen molar-refractivity contribution in [3.63, 3.8) is 0 Å². The number of rotatable bonds is 2. The van der Waals surface area contributed by atoms with Crippen LogP contribution in [0.25, 0.3) is 0 Å². The van der Waals surface area contributed by atoms with E-state index in [4.69, 9.17) is 5.73 Å². The topological polar surface area (TPSA) is 32.5 Å². The summed E-state index contributed by atoms with van der Waals surface area (Å²) in [5.41, 5.74) is 6.91. The summed E-state index contributed by atoms with van der Waals surface area (Å²) in [7, 11) is 4.17. The standard InChI is InChI=1S/C13H20FN3/c1-16(2)10-5-4-8-17(9-10)12-7-3-6-11(14)13(12)15/h3,6-7,10H,4-5,8-9,15H2,1-2H3. The van der Waals surface area contributed by atoms with Gasteiger partial charge in [0.25, 0.3) is 0 Å². The van der Waals surface area contributed by atoms with Crippen LogP contribution in [0.4, 0.5) is 15.8 Å². The van der Waals surface area contributed by atoms with E-state index in [1.54, 1.807) is 6.07 Å². The molecule has 0 aromatic heterocycles. The molecule has 0 amide bonds. The maximum absolute atomic E-state index is 13.4. The van der Waals surface area contributed by atoms with Gasteiger partial charge in [0.2, 0.25) is 0 Å². The first kappa shape index (κ1) is 12.2. The molecule has 1 aromatic rings. The van der Waals surface area contributed by atoms with Gasteiger partial charge in [0.15, 0.2) is 0 Å². The molecule has 94 valence electrons. The number of benzene rings is 1. The second-order valence-electron chi connectivity index (χ2n) is 4.88. The Hall–Kier alpha value is -1.29. The predicted octanol–water partition coefficient (Wildman–Crippen LogP) is 1.94. The van der Waals surface area contributed by atoms with E-state index < -0.39 is 0 Å². The highest BCUT2D eigenvalue weighted by atomic mass is 19.1. The first-order valence-electron chi connectivity index (χ1n) is 6.05. The lowest BCUT2D eigenvalue weighted by molar-refractivity contribution is 0.258. The summed E-state index contributed by atoms with van der Waals surface area (Å²) in [6, 6.07) is 5.55. The Balaban J connectivity index is 2.19. The van der Waals surface area contributed by atoms with Crippen molar-refractivity contribution >= 4 is 11.4 Å². The summed E-state index contributed by atoms with van der Waals surface area (Å²) < 4.78 is 13.4. The zero-order chi connectivity index (χ0) is 12.4. The molecule has 3 nitrogen and oxygen atoms in total. The van der Waals surface area contributed by atoms with Crippen molar-refractivity contribution in [1.29, 1.82) is 0 Å². The number of nitrogen functional groups attached to an aromatic ring is 1. The van der Waals surface area contributed by atoms with Gasteiger partial charge in [-0.25, -0.2) is 4.39 Å². The lowest BCUT2D eigenvalue weighted by Crippen LogP contribution is -2.45. The fraction of sp³-hybridized carbons (Fsp3) is 0.538. The molecule has 0 aliphatic carbocycles. The summed E-state index contributed by atoms with van der Waals surface area (Å²) >= 11 is 0. The fourth-order valence-corrected chi connectivity index (χ4v) is 2.40. The molecule has 0 radical (unpaired) electrons. The van der Waals surface area contributed by atoms with Crippen LogP contribution in [0.2, 0.25) is 0 Å². The molecule has 2 rings (SSSR count). The third-order valence-electron chi connectivity index (χ3n) is 3.50. The predicted molar refractivity (Wildman–Crippen MR) is 69.7 cm³/mol. The summed E-state index contributed by atoms with van der Waals surface area (Å²) in [6.45, 7) is 1.87. The number of anilines is 2. The second kappa shape index (κ2) is 4.92. The largest absolute Gasteiger partial charge is 0.395 e. The maximum atomic E-state index is 13.4. The van der Waals surface area contributed by atoms with E-state index in [-0.39, 0.29) is 11.5 Å². The number of para-hydroxylation sites is 1. The zero-order valence-electron chi connectivity index (χ0n) is 10.5. The van der Waals surface area contributed by atoms with Crippen molar-refractivity contribution in [3.05, 3.63) is 24.0 Å². The monoisotopic (exact) mass is 237 g/mol. The molecule has 1 aliphatic heterocycles. The van der Waals surface area contributed by atoms with Crippen molar-refractivity contribution < 1.29 is 4.39 Å². The molecule has 2 N–H and O–H groups in total. The Labute approximate surface area is 102 Å². The van der Waals surface area contributed by atoms with Crippen LogP contribution in [0.1, 0.15) is 12.8 Å². The fourth-order valence-electron chi connectivity index (χ4n) is 2.40. The van der Waals surface area contributed by atoms with Crippen LogP contribution in [0.3, 0.4) is 0 Å². The Morgan fingerprint density at radius 1 is 1.41 bits per heavy atom. The van der Waals surface area contributed by atoms with Gasteiger partial charge in [-0.15, -0.1) is 0 Å². The van der Waals surface area contributed by atoms with Crippen LogP contribution in [0, 0.1) is 5.82 Å². The van der Waals surface area contributed by atoms with E-state index >= 15 is 0 Å². The van der Waals surface area contributed by atoms with Gasteiger partial charge in [-0.2, -0.15) is 0 Å². The Bertz CT molecular complexity index is 392. The average Bonchev–Trinajstić information content (AvgIpc) is 2.33. The van der Waals surface area contributed by atoms with Crippen LogP contribution in [-0.4, -0.2) is 38.1 Å². The number of piperidine rings is 1. The van der Waals surface area contributed by atoms with E-state index in [1.807, 2.05) is 6.07 Å². The van der Waals surface area contributed by atoms with Crippen molar-refractivity contribution in [3.8, 4) is 0 Å². The van der Waals surface area contributed by atoms with Gasteiger partial charge in [-0.3, -0.25) is 0 Å². The first-order chi connectivity index (χ1) is 8.09. The normalized spacial score (nSPS) is 20.9. The molecule has 1 aliphatic rings. The van der Waals surface area contributed by atoms with Gasteiger partial charge >= 0.3 is 0 Å². The quantitative estimate of drug-likeness (QED) is 0.798. The lowest BCUT2D eigenvalue weighted by atomic mass is 10.0. The highest BCUT2D eigenvalue weighted by Gasteiger charge is 2.23. The Morgan fingerprint density at radius 2 is 2.18 bits per heavy atom. The number of hydrogen-bond donors (Lipinski definition) is 1. The Morgan fingerprint density at radius 3 is 2.88 bits per heavy atom. The van der Waals surface area contributed by atoms with Gasteiger partial charge in [-0.1, -0.05) is 6.07 Å². The van der Waals surface area contributed by atoms with E-state index in [0.717, 1.165) is 25.2 Å². The summed E-state index contributed by atoms with van der Waals surface area (Å²) in [5.74, 6) is -0.325. The third-order valence-corrected chi connectivity index (χ3v) is 3.50. The highest BCUT2D eigenvalue weighted by molar-refractivity contribution is 5.68. The molecule has 1 saturated heterocycles. The SMILES string of the molecule is CN(C)C1CCCN(c2cccc(F)c2N)C1. The summed E-state index contributed by atoms with van der Waals surface area (Å²) in [4.78, 5) is 4.41. The minimum Gasteiger partial charge on any atom is -0.395 e. The first-order valence-corrected chi connectivity index (χ1v) is 6.05. The van der Waals surface area contributed by atoms with E-state index in [0.29, 0.717) is 6.04 Å². The molecule has 0 bridgehead atoms. The van der Waals surface area contributed by atoms with Crippen LogP contribution in [0.15, 0.2) is 18.2 Å². The molecule has 4 heteroatoms. The maximum Gasteiger partial charge on any atom is 0.148 e. The smallest absolute Gasteiger partial charge is 0.148 e. The van der Waals surface area contributed by atoms with Crippen LogP contribution < -0.4 is 10.6 Å². The minimum atomic E-state index is -0.325. The van der Waals surface area contributed by atoms with E-state index in [2.05, 4.69) is 23.9 Å². The lowest BCUT2D eigenvalue weighted by Gasteiger charge is -2.38. The van der Waals surface area contributed by atoms with Crippen molar-refractivity contribution in [2.45, 2.75) is 18.9 Å². The molecule has 1 heterocycles. The number of halogens is 1. The molecule has 1 fully saturated rings. The van der Waals surface area contributed by atoms with Gasteiger partial charge in [-0.05, 0) is 39.1 Å². The molecule has 17 heavy (non-hydrogen) atoms. The molecular formula is C13H20FN3. The Kier molecular flexibility index (Phi) is 3.52. The van der Waals surface area contributed by atoms with E-state index in [9.17, 15) is 4.39 Å². The summed E-state index contributed by atoms with van der Waals surface area (Å²) in [6.07, 6.45) is 2.32. The number of likely N-dealkylation sites (N-methyl/N-ethyl adjacent to an activating group) is 1. The number of hydrogen-bond acceptors (Lipinski definition) is 3. The molecule has 0 spiro atoms. The van der Waals surface area contributed by atoms with Gasteiger partial charge in [0.05, 0.1) is 11.4 Å². The second-order valence-corrected chi connectivity index (χ2v) is 4.88. The molecular weight excluding hydrogens is 217 g/mol. The minimum absolute atomic E-state index is 0.270. The zero-order valence-corrected chi connectivity index (χ0v) is 10.5.